The summed E-state index contributed by atoms with van der Waals surface area (Å²) < 4.78 is 24.6. The molecule has 0 aliphatic rings. The van der Waals surface area contributed by atoms with Crippen LogP contribution in [0.3, 0.4) is 0 Å². The molecule has 0 aliphatic carbocycles. The molecule has 0 spiro atoms. The number of rotatable bonds is 2. The number of benzene rings is 2. The number of hydrogen-bond acceptors (Lipinski definition) is 1. The Hall–Kier alpha value is -1.26. The third kappa shape index (κ3) is 5.80. The summed E-state index contributed by atoms with van der Waals surface area (Å²) in [6.45, 7) is 3.65. The van der Waals surface area contributed by atoms with Crippen molar-refractivity contribution in [2.24, 2.45) is 0 Å². The minimum absolute atomic E-state index is 0.183. The molecule has 0 amide bonds. The van der Waals surface area contributed by atoms with E-state index >= 15 is 0 Å². The van der Waals surface area contributed by atoms with Crippen molar-refractivity contribution in [3.63, 3.8) is 0 Å². The van der Waals surface area contributed by atoms with E-state index in [1.165, 1.54) is 24.3 Å². The van der Waals surface area contributed by atoms with E-state index < -0.39 is 6.10 Å². The lowest BCUT2D eigenvalue weighted by atomic mass is 10.1. The zero-order valence-electron chi connectivity index (χ0n) is 11.4. The van der Waals surface area contributed by atoms with Crippen LogP contribution in [0.25, 0.3) is 0 Å². The highest BCUT2D eigenvalue weighted by molar-refractivity contribution is 9.09. The van der Waals surface area contributed by atoms with Gasteiger partial charge in [-0.15, -0.1) is 0 Å². The van der Waals surface area contributed by atoms with Gasteiger partial charge in [-0.1, -0.05) is 40.2 Å². The first-order chi connectivity index (χ1) is 9.40. The van der Waals surface area contributed by atoms with E-state index in [-0.39, 0.29) is 11.6 Å². The van der Waals surface area contributed by atoms with Crippen molar-refractivity contribution in [2.45, 2.75) is 24.8 Å². The molecule has 2 unspecified atom stereocenters. The number of aliphatic hydroxyl groups excluding tert-OH is 1. The molecule has 2 rings (SSSR count). The first-order valence-electron chi connectivity index (χ1n) is 6.23. The summed E-state index contributed by atoms with van der Waals surface area (Å²) in [6, 6.07) is 12.3. The van der Waals surface area contributed by atoms with Crippen LogP contribution in [0.4, 0.5) is 8.78 Å². The fourth-order valence-electron chi connectivity index (χ4n) is 1.47. The van der Waals surface area contributed by atoms with Crippen molar-refractivity contribution in [3.05, 3.63) is 71.3 Å². The Labute approximate surface area is 126 Å². The summed E-state index contributed by atoms with van der Waals surface area (Å²) in [5, 5.41) is 8.99. The molecule has 108 valence electrons. The highest BCUT2D eigenvalue weighted by Gasteiger charge is 1.99. The van der Waals surface area contributed by atoms with Gasteiger partial charge in [0.25, 0.3) is 0 Å². The summed E-state index contributed by atoms with van der Waals surface area (Å²) in [6.07, 6.45) is -0.513. The predicted molar refractivity (Wildman–Crippen MR) is 80.8 cm³/mol. The third-order valence-corrected chi connectivity index (χ3v) is 3.21. The fraction of sp³-hybridized carbons (Fsp3) is 0.250. The molecule has 0 fully saturated rings. The largest absolute Gasteiger partial charge is 0.389 e. The standard InChI is InChI=1S/C8H8BrF.C8H9FO/c1-6(9)7-2-4-8(10)5-3-7;1-6(10)7-2-4-8(9)5-3-7/h2-6H,1H3;2-6,10H,1H3. The number of aliphatic hydroxyl groups is 1. The van der Waals surface area contributed by atoms with Gasteiger partial charge in [0.05, 0.1) is 6.10 Å². The van der Waals surface area contributed by atoms with E-state index in [9.17, 15) is 8.78 Å². The molecule has 0 bridgehead atoms. The molecule has 0 aromatic heterocycles. The maximum atomic E-state index is 12.3. The Bertz CT molecular complexity index is 458. The first kappa shape index (κ1) is 16.8. The first-order valence-corrected chi connectivity index (χ1v) is 7.14. The summed E-state index contributed by atoms with van der Waals surface area (Å²) in [4.78, 5) is 0.299. The highest BCUT2D eigenvalue weighted by Crippen LogP contribution is 2.20. The van der Waals surface area contributed by atoms with Gasteiger partial charge >= 0.3 is 0 Å². The zero-order valence-corrected chi connectivity index (χ0v) is 12.9. The zero-order chi connectivity index (χ0) is 15.1. The second-order valence-electron chi connectivity index (χ2n) is 4.40. The van der Waals surface area contributed by atoms with Gasteiger partial charge in [-0.3, -0.25) is 0 Å². The summed E-state index contributed by atoms with van der Waals surface area (Å²) in [5.74, 6) is -0.457. The fourth-order valence-corrected chi connectivity index (χ4v) is 1.77. The summed E-state index contributed by atoms with van der Waals surface area (Å²) >= 11 is 3.38. The molecule has 0 saturated carbocycles. The van der Waals surface area contributed by atoms with Crippen LogP contribution in [-0.4, -0.2) is 5.11 Å². The number of halogens is 3. The molecule has 4 heteroatoms. The van der Waals surface area contributed by atoms with Crippen LogP contribution in [-0.2, 0) is 0 Å². The second kappa shape index (κ2) is 8.12. The van der Waals surface area contributed by atoms with E-state index in [1.54, 1.807) is 31.2 Å². The molecule has 2 aromatic rings. The average molecular weight is 343 g/mol. The van der Waals surface area contributed by atoms with Crippen LogP contribution in [0, 0.1) is 11.6 Å². The predicted octanol–water partition coefficient (Wildman–Crippen LogP) is 5.16. The second-order valence-corrected chi connectivity index (χ2v) is 5.77. The van der Waals surface area contributed by atoms with E-state index in [0.717, 1.165) is 11.1 Å². The van der Waals surface area contributed by atoms with E-state index in [1.807, 2.05) is 6.92 Å². The number of alkyl halides is 1. The highest BCUT2D eigenvalue weighted by atomic mass is 79.9. The van der Waals surface area contributed by atoms with Crippen LogP contribution >= 0.6 is 15.9 Å². The number of hydrogen-bond donors (Lipinski definition) is 1. The molecule has 1 nitrogen and oxygen atoms in total. The lowest BCUT2D eigenvalue weighted by Crippen LogP contribution is -1.89. The molecule has 2 atom stereocenters. The topological polar surface area (TPSA) is 20.2 Å². The van der Waals surface area contributed by atoms with Gasteiger partial charge in [0.2, 0.25) is 0 Å². The monoisotopic (exact) mass is 342 g/mol. The van der Waals surface area contributed by atoms with E-state index in [0.29, 0.717) is 4.83 Å². The SMILES string of the molecule is CC(Br)c1ccc(F)cc1.CC(O)c1ccc(F)cc1. The molecule has 0 radical (unpaired) electrons. The molecule has 0 aliphatic heterocycles. The van der Waals surface area contributed by atoms with Gasteiger partial charge in [-0.05, 0) is 49.2 Å². The Balaban J connectivity index is 0.000000200. The van der Waals surface area contributed by atoms with Gasteiger partial charge in [0.1, 0.15) is 11.6 Å². The van der Waals surface area contributed by atoms with Gasteiger partial charge in [-0.25, -0.2) is 8.78 Å². The van der Waals surface area contributed by atoms with Crippen molar-refractivity contribution in [2.75, 3.05) is 0 Å². The van der Waals surface area contributed by atoms with Crippen molar-refractivity contribution in [3.8, 4) is 0 Å². The van der Waals surface area contributed by atoms with Gasteiger partial charge in [-0.2, -0.15) is 0 Å². The van der Waals surface area contributed by atoms with Crippen LogP contribution in [0.15, 0.2) is 48.5 Å². The van der Waals surface area contributed by atoms with Crippen LogP contribution < -0.4 is 0 Å². The van der Waals surface area contributed by atoms with Gasteiger partial charge in [0, 0.05) is 4.83 Å². The Kier molecular flexibility index (Phi) is 6.82. The molecule has 20 heavy (non-hydrogen) atoms. The van der Waals surface area contributed by atoms with Crippen molar-refractivity contribution < 1.29 is 13.9 Å². The molecule has 1 N–H and O–H groups in total. The Morgan fingerprint density at radius 1 is 0.800 bits per heavy atom. The Morgan fingerprint density at radius 2 is 1.15 bits per heavy atom. The minimum atomic E-state index is -0.513. The third-order valence-electron chi connectivity index (χ3n) is 2.68. The normalized spacial score (nSPS) is 13.1. The quantitative estimate of drug-likeness (QED) is 0.747. The lowest BCUT2D eigenvalue weighted by molar-refractivity contribution is 0.199. The van der Waals surface area contributed by atoms with Gasteiger partial charge in [0.15, 0.2) is 0 Å². The summed E-state index contributed by atoms with van der Waals surface area (Å²) in [5.41, 5.74) is 1.84. The lowest BCUT2D eigenvalue weighted by Gasteiger charge is -2.01. The molecular weight excluding hydrogens is 326 g/mol. The van der Waals surface area contributed by atoms with Gasteiger partial charge < -0.3 is 5.11 Å². The molecular formula is C16H17BrF2O. The molecule has 0 saturated heterocycles. The molecule has 0 heterocycles. The average Bonchev–Trinajstić information content (AvgIpc) is 2.40. The van der Waals surface area contributed by atoms with Crippen molar-refractivity contribution >= 4 is 15.9 Å². The van der Waals surface area contributed by atoms with Crippen molar-refractivity contribution in [1.82, 2.24) is 0 Å². The minimum Gasteiger partial charge on any atom is -0.389 e. The summed E-state index contributed by atoms with van der Waals surface area (Å²) in [7, 11) is 0. The maximum Gasteiger partial charge on any atom is 0.123 e. The van der Waals surface area contributed by atoms with E-state index in [2.05, 4.69) is 15.9 Å². The molecule has 2 aromatic carbocycles. The van der Waals surface area contributed by atoms with Crippen molar-refractivity contribution in [1.29, 1.82) is 0 Å². The van der Waals surface area contributed by atoms with Crippen LogP contribution in [0.2, 0.25) is 0 Å². The van der Waals surface area contributed by atoms with Crippen LogP contribution in [0.5, 0.6) is 0 Å². The smallest absolute Gasteiger partial charge is 0.123 e. The Morgan fingerprint density at radius 3 is 1.45 bits per heavy atom. The van der Waals surface area contributed by atoms with E-state index in [4.69, 9.17) is 5.11 Å². The van der Waals surface area contributed by atoms with Crippen LogP contribution in [0.1, 0.15) is 35.9 Å². The maximum absolute atomic E-state index is 12.3.